The van der Waals surface area contributed by atoms with Crippen molar-refractivity contribution < 1.29 is 9.90 Å². The fraction of sp³-hybridized carbons (Fsp3) is 0.412. The summed E-state index contributed by atoms with van der Waals surface area (Å²) in [5.74, 6) is 0.948. The van der Waals surface area contributed by atoms with Crippen LogP contribution in [0.4, 0.5) is 0 Å². The van der Waals surface area contributed by atoms with E-state index in [1.165, 1.54) is 16.9 Å². The number of hydrogen-bond acceptors (Lipinski definition) is 4. The van der Waals surface area contributed by atoms with E-state index in [9.17, 15) is 9.90 Å². The Hall–Kier alpha value is -1.66. The summed E-state index contributed by atoms with van der Waals surface area (Å²) in [4.78, 5) is 18.6. The number of phenolic OH excluding ortho intramolecular Hbond substituents is 1. The van der Waals surface area contributed by atoms with Gasteiger partial charge in [-0.1, -0.05) is 12.1 Å². The molecule has 2 aromatic rings. The molecule has 2 heterocycles. The van der Waals surface area contributed by atoms with Crippen molar-refractivity contribution in [2.75, 3.05) is 13.1 Å². The fourth-order valence-electron chi connectivity index (χ4n) is 3.06. The maximum Gasteiger partial charge on any atom is 0.227 e. The van der Waals surface area contributed by atoms with Crippen LogP contribution in [0.1, 0.15) is 34.9 Å². The molecule has 1 aliphatic heterocycles. The summed E-state index contributed by atoms with van der Waals surface area (Å²) in [6.07, 6.45) is 2.38. The number of benzene rings is 1. The first-order chi connectivity index (χ1) is 11.0. The Labute approximate surface area is 144 Å². The van der Waals surface area contributed by atoms with E-state index in [2.05, 4.69) is 4.98 Å². The van der Waals surface area contributed by atoms with Crippen molar-refractivity contribution in [2.45, 2.75) is 32.1 Å². The Kier molecular flexibility index (Phi) is 4.82. The molecule has 0 radical (unpaired) electrons. The number of aromatic amines is 1. The summed E-state index contributed by atoms with van der Waals surface area (Å²) in [6.45, 7) is 3.55. The number of carbonyl (C=O) groups excluding carboxylic acids is 1. The third-order valence-electron chi connectivity index (χ3n) is 4.45. The number of likely N-dealkylation sites (tertiary alicyclic amines) is 1. The molecule has 0 bridgehead atoms. The second kappa shape index (κ2) is 6.84. The second-order valence-electron chi connectivity index (χ2n) is 5.99. The lowest BCUT2D eigenvalue weighted by Crippen LogP contribution is -2.38. The number of aromatic hydroxyl groups is 1. The molecule has 1 amide bonds. The van der Waals surface area contributed by atoms with Crippen LogP contribution < -0.4 is 0 Å². The molecule has 4 nitrogen and oxygen atoms in total. The highest BCUT2D eigenvalue weighted by Gasteiger charge is 2.24. The van der Waals surface area contributed by atoms with Gasteiger partial charge in [0.15, 0.2) is 3.95 Å². The summed E-state index contributed by atoms with van der Waals surface area (Å²) >= 11 is 6.62. The van der Waals surface area contributed by atoms with Crippen molar-refractivity contribution >= 4 is 29.5 Å². The number of thiazole rings is 1. The molecule has 1 fully saturated rings. The van der Waals surface area contributed by atoms with Crippen LogP contribution in [0.15, 0.2) is 24.3 Å². The minimum absolute atomic E-state index is 0.183. The summed E-state index contributed by atoms with van der Waals surface area (Å²) < 4.78 is 0.733. The molecule has 0 unspecified atom stereocenters. The zero-order valence-corrected chi connectivity index (χ0v) is 14.7. The SMILES string of the molecule is Cc1[nH]c(=S)sc1CC(=O)N1CCC(c2ccc(O)cc2)CC1. The van der Waals surface area contributed by atoms with Gasteiger partial charge >= 0.3 is 0 Å². The van der Waals surface area contributed by atoms with Gasteiger partial charge in [0, 0.05) is 23.7 Å². The molecule has 23 heavy (non-hydrogen) atoms. The van der Waals surface area contributed by atoms with Crippen LogP contribution in [0.3, 0.4) is 0 Å². The van der Waals surface area contributed by atoms with Crippen molar-refractivity contribution in [3.8, 4) is 5.75 Å². The van der Waals surface area contributed by atoms with Gasteiger partial charge in [0.05, 0.1) is 6.42 Å². The van der Waals surface area contributed by atoms with Crippen LogP contribution in [-0.4, -0.2) is 34.0 Å². The standard InChI is InChI=1S/C17H20N2O2S2/c1-11-15(23-17(22)18-11)10-16(21)19-8-6-13(7-9-19)12-2-4-14(20)5-3-12/h2-5,13,20H,6-10H2,1H3,(H,18,22). The third-order valence-corrected chi connectivity index (χ3v) is 5.78. The minimum Gasteiger partial charge on any atom is -0.508 e. The van der Waals surface area contributed by atoms with Gasteiger partial charge in [-0.15, -0.1) is 11.3 Å². The average Bonchev–Trinajstić information content (AvgIpc) is 2.86. The maximum absolute atomic E-state index is 12.5. The van der Waals surface area contributed by atoms with E-state index in [1.54, 1.807) is 12.1 Å². The smallest absolute Gasteiger partial charge is 0.227 e. The summed E-state index contributed by atoms with van der Waals surface area (Å²) in [5, 5.41) is 9.37. The van der Waals surface area contributed by atoms with Crippen LogP contribution in [0, 0.1) is 10.9 Å². The molecule has 0 atom stereocenters. The highest BCUT2D eigenvalue weighted by Crippen LogP contribution is 2.29. The van der Waals surface area contributed by atoms with Gasteiger partial charge in [0.25, 0.3) is 0 Å². The first kappa shape index (κ1) is 16.2. The van der Waals surface area contributed by atoms with Gasteiger partial charge in [-0.25, -0.2) is 0 Å². The van der Waals surface area contributed by atoms with Crippen molar-refractivity contribution in [1.29, 1.82) is 0 Å². The molecule has 0 spiro atoms. The van der Waals surface area contributed by atoms with Gasteiger partial charge < -0.3 is 15.0 Å². The Bertz CT molecular complexity index is 741. The molecule has 122 valence electrons. The molecule has 2 N–H and O–H groups in total. The van der Waals surface area contributed by atoms with E-state index in [4.69, 9.17) is 12.2 Å². The lowest BCUT2D eigenvalue weighted by atomic mass is 9.89. The number of amides is 1. The van der Waals surface area contributed by atoms with Crippen molar-refractivity contribution in [2.24, 2.45) is 0 Å². The predicted molar refractivity (Wildman–Crippen MR) is 94.6 cm³/mol. The summed E-state index contributed by atoms with van der Waals surface area (Å²) in [5.41, 5.74) is 2.25. The maximum atomic E-state index is 12.5. The van der Waals surface area contributed by atoms with Crippen LogP contribution in [0.25, 0.3) is 0 Å². The molecular weight excluding hydrogens is 328 g/mol. The number of carbonyl (C=O) groups is 1. The Morgan fingerprint density at radius 1 is 1.35 bits per heavy atom. The molecule has 1 aromatic carbocycles. The molecule has 0 saturated carbocycles. The molecule has 3 rings (SSSR count). The van der Waals surface area contributed by atoms with Crippen LogP contribution in [0.2, 0.25) is 0 Å². The van der Waals surface area contributed by atoms with E-state index in [-0.39, 0.29) is 5.91 Å². The van der Waals surface area contributed by atoms with E-state index < -0.39 is 0 Å². The number of hydrogen-bond donors (Lipinski definition) is 2. The first-order valence-electron chi connectivity index (χ1n) is 7.78. The highest BCUT2D eigenvalue weighted by molar-refractivity contribution is 7.73. The van der Waals surface area contributed by atoms with Crippen LogP contribution in [0.5, 0.6) is 5.75 Å². The highest BCUT2D eigenvalue weighted by atomic mass is 32.1. The van der Waals surface area contributed by atoms with E-state index in [1.807, 2.05) is 24.0 Å². The zero-order chi connectivity index (χ0) is 16.4. The topological polar surface area (TPSA) is 56.3 Å². The molecular formula is C17H20N2O2S2. The second-order valence-corrected chi connectivity index (χ2v) is 7.76. The fourth-order valence-corrected chi connectivity index (χ4v) is 4.35. The Morgan fingerprint density at radius 3 is 2.57 bits per heavy atom. The Balaban J connectivity index is 1.58. The van der Waals surface area contributed by atoms with Crippen molar-refractivity contribution in [1.82, 2.24) is 9.88 Å². The van der Waals surface area contributed by atoms with E-state index in [0.717, 1.165) is 40.5 Å². The quantitative estimate of drug-likeness (QED) is 0.830. The lowest BCUT2D eigenvalue weighted by molar-refractivity contribution is -0.131. The third kappa shape index (κ3) is 3.82. The normalized spacial score (nSPS) is 15.8. The summed E-state index contributed by atoms with van der Waals surface area (Å²) in [6, 6.07) is 7.42. The molecule has 0 aliphatic carbocycles. The van der Waals surface area contributed by atoms with Gasteiger partial charge in [-0.05, 0) is 55.6 Å². The first-order valence-corrected chi connectivity index (χ1v) is 9.00. The number of aromatic nitrogens is 1. The van der Waals surface area contributed by atoms with Gasteiger partial charge in [-0.2, -0.15) is 0 Å². The Morgan fingerprint density at radius 2 is 2.00 bits per heavy atom. The number of phenols is 1. The monoisotopic (exact) mass is 348 g/mol. The van der Waals surface area contributed by atoms with Crippen molar-refractivity contribution in [3.63, 3.8) is 0 Å². The average molecular weight is 348 g/mol. The largest absolute Gasteiger partial charge is 0.508 e. The number of piperidine rings is 1. The zero-order valence-electron chi connectivity index (χ0n) is 13.0. The minimum atomic E-state index is 0.183. The van der Waals surface area contributed by atoms with E-state index >= 15 is 0 Å². The molecule has 1 aromatic heterocycles. The number of H-pyrrole nitrogens is 1. The molecule has 6 heteroatoms. The number of nitrogens with one attached hydrogen (secondary N) is 1. The lowest BCUT2D eigenvalue weighted by Gasteiger charge is -2.32. The van der Waals surface area contributed by atoms with Crippen molar-refractivity contribution in [3.05, 3.63) is 44.4 Å². The van der Waals surface area contributed by atoms with E-state index in [0.29, 0.717) is 18.1 Å². The number of nitrogens with zero attached hydrogens (tertiary/aromatic N) is 1. The van der Waals surface area contributed by atoms with Crippen LogP contribution >= 0.6 is 23.6 Å². The number of rotatable bonds is 3. The van der Waals surface area contributed by atoms with Gasteiger partial charge in [0.2, 0.25) is 5.91 Å². The van der Waals surface area contributed by atoms with Crippen LogP contribution in [-0.2, 0) is 11.2 Å². The van der Waals surface area contributed by atoms with Gasteiger partial charge in [0.1, 0.15) is 5.75 Å². The molecule has 1 aliphatic rings. The molecule has 1 saturated heterocycles. The predicted octanol–water partition coefficient (Wildman–Crippen LogP) is 3.77. The van der Waals surface area contributed by atoms with Gasteiger partial charge in [-0.3, -0.25) is 4.79 Å². The summed E-state index contributed by atoms with van der Waals surface area (Å²) in [7, 11) is 0. The number of aryl methyl sites for hydroxylation is 1.